The third kappa shape index (κ3) is 3.98. The number of benzene rings is 3. The van der Waals surface area contributed by atoms with Crippen LogP contribution in [0.4, 0.5) is 5.69 Å². The summed E-state index contributed by atoms with van der Waals surface area (Å²) in [5.41, 5.74) is 1.96. The van der Waals surface area contributed by atoms with Gasteiger partial charge in [0.25, 0.3) is 0 Å². The predicted octanol–water partition coefficient (Wildman–Crippen LogP) is 5.77. The quantitative estimate of drug-likeness (QED) is 0.418. The van der Waals surface area contributed by atoms with Crippen LogP contribution in [0.25, 0.3) is 10.8 Å². The van der Waals surface area contributed by atoms with Crippen LogP contribution < -0.4 is 4.74 Å². The molecule has 2 heteroatoms. The van der Waals surface area contributed by atoms with Crippen molar-refractivity contribution in [2.24, 2.45) is 4.99 Å². The number of ether oxygens (including phenoxy) is 1. The van der Waals surface area contributed by atoms with E-state index in [0.29, 0.717) is 0 Å². The molecule has 0 saturated carbocycles. The smallest absolute Gasteiger partial charge is 0.144 e. The van der Waals surface area contributed by atoms with Gasteiger partial charge in [-0.2, -0.15) is 0 Å². The lowest BCUT2D eigenvalue weighted by Crippen LogP contribution is -1.96. The number of para-hydroxylation sites is 2. The van der Waals surface area contributed by atoms with Crippen LogP contribution in [0.5, 0.6) is 5.75 Å². The lowest BCUT2D eigenvalue weighted by atomic mass is 10.1. The van der Waals surface area contributed by atoms with Gasteiger partial charge >= 0.3 is 0 Å². The van der Waals surface area contributed by atoms with Gasteiger partial charge in [0, 0.05) is 6.21 Å². The Morgan fingerprint density at radius 2 is 1.70 bits per heavy atom. The molecule has 0 unspecified atom stereocenters. The van der Waals surface area contributed by atoms with Crippen molar-refractivity contribution in [1.82, 2.24) is 0 Å². The highest BCUT2D eigenvalue weighted by atomic mass is 16.5. The molecule has 0 amide bonds. The predicted molar refractivity (Wildman–Crippen MR) is 98.0 cm³/mol. The Balaban J connectivity index is 1.81. The Kier molecular flexibility index (Phi) is 5.05. The summed E-state index contributed by atoms with van der Waals surface area (Å²) in [7, 11) is 0. The SMILES string of the molecule is CCCCOc1ccccc1/N=C/c1ccc2ccccc2c1. The first-order valence-electron chi connectivity index (χ1n) is 8.11. The van der Waals surface area contributed by atoms with Crippen molar-refractivity contribution in [3.05, 3.63) is 72.3 Å². The second-order valence-corrected chi connectivity index (χ2v) is 5.53. The van der Waals surface area contributed by atoms with Crippen molar-refractivity contribution < 1.29 is 4.74 Å². The summed E-state index contributed by atoms with van der Waals surface area (Å²) in [4.78, 5) is 4.61. The summed E-state index contributed by atoms with van der Waals surface area (Å²) in [6.45, 7) is 2.89. The second-order valence-electron chi connectivity index (χ2n) is 5.53. The Labute approximate surface area is 137 Å². The van der Waals surface area contributed by atoms with Crippen molar-refractivity contribution in [3.63, 3.8) is 0 Å². The Morgan fingerprint density at radius 1 is 0.913 bits per heavy atom. The lowest BCUT2D eigenvalue weighted by Gasteiger charge is -2.07. The largest absolute Gasteiger partial charge is 0.491 e. The molecule has 0 radical (unpaired) electrons. The van der Waals surface area contributed by atoms with Crippen molar-refractivity contribution in [2.45, 2.75) is 19.8 Å². The zero-order valence-electron chi connectivity index (χ0n) is 13.4. The van der Waals surface area contributed by atoms with Crippen molar-refractivity contribution in [3.8, 4) is 5.75 Å². The van der Waals surface area contributed by atoms with Crippen LogP contribution in [0.1, 0.15) is 25.3 Å². The van der Waals surface area contributed by atoms with E-state index >= 15 is 0 Å². The number of aliphatic imine (C=N–C) groups is 1. The first-order valence-corrected chi connectivity index (χ1v) is 8.11. The van der Waals surface area contributed by atoms with Gasteiger partial charge < -0.3 is 4.74 Å². The Bertz CT molecular complexity index is 808. The molecule has 0 heterocycles. The normalized spacial score (nSPS) is 11.2. The van der Waals surface area contributed by atoms with E-state index < -0.39 is 0 Å². The van der Waals surface area contributed by atoms with E-state index in [-0.39, 0.29) is 0 Å². The van der Waals surface area contributed by atoms with Crippen molar-refractivity contribution >= 4 is 22.7 Å². The number of unbranched alkanes of at least 4 members (excludes halogenated alkanes) is 1. The number of rotatable bonds is 6. The van der Waals surface area contributed by atoms with E-state index in [2.05, 4.69) is 54.4 Å². The van der Waals surface area contributed by atoms with Gasteiger partial charge in [-0.3, -0.25) is 4.99 Å². The van der Waals surface area contributed by atoms with E-state index in [0.717, 1.165) is 36.4 Å². The molecule has 116 valence electrons. The molecule has 0 atom stereocenters. The number of fused-ring (bicyclic) bond motifs is 1. The molecule has 0 N–H and O–H groups in total. The summed E-state index contributed by atoms with van der Waals surface area (Å²) in [6.07, 6.45) is 4.08. The van der Waals surface area contributed by atoms with Crippen LogP contribution in [0.3, 0.4) is 0 Å². The minimum atomic E-state index is 0.735. The molecule has 23 heavy (non-hydrogen) atoms. The fourth-order valence-corrected chi connectivity index (χ4v) is 2.44. The topological polar surface area (TPSA) is 21.6 Å². The maximum absolute atomic E-state index is 5.82. The zero-order chi connectivity index (χ0) is 15.9. The first kappa shape index (κ1) is 15.3. The van der Waals surface area contributed by atoms with Gasteiger partial charge in [-0.05, 0) is 41.0 Å². The minimum absolute atomic E-state index is 0.735. The van der Waals surface area contributed by atoms with E-state index in [1.165, 1.54) is 10.8 Å². The van der Waals surface area contributed by atoms with E-state index in [4.69, 9.17) is 4.74 Å². The highest BCUT2D eigenvalue weighted by Crippen LogP contribution is 2.27. The third-order valence-corrected chi connectivity index (χ3v) is 3.75. The molecule has 0 bridgehead atoms. The first-order chi connectivity index (χ1) is 11.4. The van der Waals surface area contributed by atoms with Crippen LogP contribution in [-0.4, -0.2) is 12.8 Å². The van der Waals surface area contributed by atoms with Gasteiger partial charge in [0.1, 0.15) is 11.4 Å². The molecule has 0 aliphatic heterocycles. The van der Waals surface area contributed by atoms with Crippen LogP contribution in [-0.2, 0) is 0 Å². The molecule has 0 fully saturated rings. The fourth-order valence-electron chi connectivity index (χ4n) is 2.44. The summed E-state index contributed by atoms with van der Waals surface area (Å²) < 4.78 is 5.82. The lowest BCUT2D eigenvalue weighted by molar-refractivity contribution is 0.310. The molecule has 3 aromatic carbocycles. The molecule has 0 aliphatic carbocycles. The van der Waals surface area contributed by atoms with Crippen molar-refractivity contribution in [2.75, 3.05) is 6.61 Å². The third-order valence-electron chi connectivity index (χ3n) is 3.75. The molecular weight excluding hydrogens is 282 g/mol. The molecule has 3 aromatic rings. The maximum Gasteiger partial charge on any atom is 0.144 e. The molecule has 0 aromatic heterocycles. The number of hydrogen-bond acceptors (Lipinski definition) is 2. The van der Waals surface area contributed by atoms with E-state index in [9.17, 15) is 0 Å². The Morgan fingerprint density at radius 3 is 2.57 bits per heavy atom. The molecule has 3 rings (SSSR count). The van der Waals surface area contributed by atoms with Gasteiger partial charge in [-0.25, -0.2) is 0 Å². The van der Waals surface area contributed by atoms with Gasteiger partial charge in [0.15, 0.2) is 0 Å². The average Bonchev–Trinajstić information content (AvgIpc) is 2.61. The summed E-state index contributed by atoms with van der Waals surface area (Å²) in [5, 5.41) is 2.47. The summed E-state index contributed by atoms with van der Waals surface area (Å²) in [5.74, 6) is 0.845. The molecule has 0 spiro atoms. The average molecular weight is 303 g/mol. The summed E-state index contributed by atoms with van der Waals surface area (Å²) >= 11 is 0. The van der Waals surface area contributed by atoms with Gasteiger partial charge in [0.2, 0.25) is 0 Å². The van der Waals surface area contributed by atoms with Crippen molar-refractivity contribution in [1.29, 1.82) is 0 Å². The molecule has 0 saturated heterocycles. The number of nitrogens with zero attached hydrogens (tertiary/aromatic N) is 1. The van der Waals surface area contributed by atoms with Crippen LogP contribution in [0.2, 0.25) is 0 Å². The highest BCUT2D eigenvalue weighted by molar-refractivity contribution is 5.91. The molecule has 0 aliphatic rings. The van der Waals surface area contributed by atoms with Gasteiger partial charge in [0.05, 0.1) is 6.61 Å². The zero-order valence-corrected chi connectivity index (χ0v) is 13.4. The van der Waals surface area contributed by atoms with E-state index in [1.54, 1.807) is 0 Å². The fraction of sp³-hybridized carbons (Fsp3) is 0.190. The highest BCUT2D eigenvalue weighted by Gasteiger charge is 2.01. The second kappa shape index (κ2) is 7.59. The van der Waals surface area contributed by atoms with Gasteiger partial charge in [-0.1, -0.05) is 61.9 Å². The standard InChI is InChI=1S/C21H21NO/c1-2-3-14-23-21-11-7-6-10-20(21)22-16-17-12-13-18-8-4-5-9-19(18)15-17/h4-13,15-16H,2-3,14H2,1H3/b22-16+. The molecular formula is C21H21NO. The monoisotopic (exact) mass is 303 g/mol. The van der Waals surface area contributed by atoms with Crippen LogP contribution in [0, 0.1) is 0 Å². The minimum Gasteiger partial charge on any atom is -0.491 e. The maximum atomic E-state index is 5.82. The molecule has 2 nitrogen and oxygen atoms in total. The van der Waals surface area contributed by atoms with Crippen LogP contribution in [0.15, 0.2) is 71.7 Å². The Hall–Kier alpha value is -2.61. The van der Waals surface area contributed by atoms with Crippen LogP contribution >= 0.6 is 0 Å². The van der Waals surface area contributed by atoms with Gasteiger partial charge in [-0.15, -0.1) is 0 Å². The van der Waals surface area contributed by atoms with E-state index in [1.807, 2.05) is 30.5 Å². The summed E-state index contributed by atoms with van der Waals surface area (Å²) in [6, 6.07) is 22.6. The number of hydrogen-bond donors (Lipinski definition) is 0.